The van der Waals surface area contributed by atoms with Gasteiger partial charge in [-0.25, -0.2) is 15.1 Å². The summed E-state index contributed by atoms with van der Waals surface area (Å²) >= 11 is 0. The molecule has 0 radical (unpaired) electrons. The first-order valence-corrected chi connectivity index (χ1v) is 8.81. The van der Waals surface area contributed by atoms with Crippen LogP contribution in [0.5, 0.6) is 0 Å². The van der Waals surface area contributed by atoms with E-state index in [9.17, 15) is 4.79 Å². The van der Waals surface area contributed by atoms with Crippen molar-refractivity contribution < 1.29 is 0 Å². The summed E-state index contributed by atoms with van der Waals surface area (Å²) in [7, 11) is 0. The highest BCUT2D eigenvalue weighted by molar-refractivity contribution is 5.99. The molecule has 0 saturated heterocycles. The van der Waals surface area contributed by atoms with Gasteiger partial charge in [0.05, 0.1) is 22.3 Å². The lowest BCUT2D eigenvalue weighted by Gasteiger charge is -2.11. The predicted molar refractivity (Wildman–Crippen MR) is 107 cm³/mol. The summed E-state index contributed by atoms with van der Waals surface area (Å²) < 4.78 is 3.14. The number of hydrazone groups is 1. The van der Waals surface area contributed by atoms with Crippen molar-refractivity contribution in [3.05, 3.63) is 70.8 Å². The Balaban J connectivity index is 1.68. The molecular formula is C19H18N8O. The van der Waals surface area contributed by atoms with Gasteiger partial charge in [0.1, 0.15) is 6.33 Å². The zero-order chi connectivity index (χ0) is 19.5. The highest BCUT2D eigenvalue weighted by Gasteiger charge is 2.09. The summed E-state index contributed by atoms with van der Waals surface area (Å²) in [6.45, 7) is 4.26. The van der Waals surface area contributed by atoms with Crippen LogP contribution >= 0.6 is 0 Å². The van der Waals surface area contributed by atoms with Crippen LogP contribution in [0.1, 0.15) is 19.4 Å². The minimum Gasteiger partial charge on any atom is -0.277 e. The standard InChI is InChI=1S/C19H18N8O/c1-3-26-18(28)16-9-4-5-10-17(16)21-19(26)23-22-13(2)14-7-6-8-15(11-14)27-12-20-24-25-27/h4-12H,3H2,1-2H3,(H,21,23)/b22-13-. The number of hydrogen-bond acceptors (Lipinski definition) is 7. The van der Waals surface area contributed by atoms with Crippen molar-refractivity contribution in [2.75, 3.05) is 5.43 Å². The van der Waals surface area contributed by atoms with E-state index >= 15 is 0 Å². The Hall–Kier alpha value is -3.88. The van der Waals surface area contributed by atoms with Gasteiger partial charge in [-0.3, -0.25) is 9.36 Å². The Kier molecular flexibility index (Phi) is 4.63. The van der Waals surface area contributed by atoms with Gasteiger partial charge in [-0.15, -0.1) is 5.10 Å². The first-order valence-electron chi connectivity index (χ1n) is 8.81. The number of nitrogens with zero attached hydrogens (tertiary/aromatic N) is 7. The molecular weight excluding hydrogens is 356 g/mol. The van der Waals surface area contributed by atoms with Gasteiger partial charge in [0.25, 0.3) is 5.56 Å². The minimum atomic E-state index is -0.0934. The van der Waals surface area contributed by atoms with Crippen LogP contribution in [-0.2, 0) is 6.54 Å². The second-order valence-electron chi connectivity index (χ2n) is 6.12. The molecule has 4 rings (SSSR count). The van der Waals surface area contributed by atoms with Gasteiger partial charge in [0.2, 0.25) is 5.95 Å². The first-order chi connectivity index (χ1) is 13.7. The molecule has 2 heterocycles. The molecule has 9 heteroatoms. The third kappa shape index (κ3) is 3.25. The number of fused-ring (bicyclic) bond motifs is 1. The summed E-state index contributed by atoms with van der Waals surface area (Å²) in [4.78, 5) is 17.2. The van der Waals surface area contributed by atoms with Gasteiger partial charge >= 0.3 is 0 Å². The molecule has 28 heavy (non-hydrogen) atoms. The molecule has 0 saturated carbocycles. The van der Waals surface area contributed by atoms with Crippen LogP contribution in [0.3, 0.4) is 0 Å². The van der Waals surface area contributed by atoms with E-state index in [2.05, 4.69) is 31.0 Å². The minimum absolute atomic E-state index is 0.0934. The van der Waals surface area contributed by atoms with Crippen molar-refractivity contribution in [1.29, 1.82) is 0 Å². The molecule has 1 N–H and O–H groups in total. The van der Waals surface area contributed by atoms with Crippen molar-refractivity contribution in [1.82, 2.24) is 29.8 Å². The molecule has 0 unspecified atom stereocenters. The van der Waals surface area contributed by atoms with E-state index in [1.807, 2.05) is 56.3 Å². The van der Waals surface area contributed by atoms with E-state index in [4.69, 9.17) is 0 Å². The summed E-state index contributed by atoms with van der Waals surface area (Å²) in [6.07, 6.45) is 1.53. The molecule has 0 amide bonds. The van der Waals surface area contributed by atoms with Crippen LogP contribution in [-0.4, -0.2) is 35.5 Å². The Morgan fingerprint density at radius 1 is 1.18 bits per heavy atom. The summed E-state index contributed by atoms with van der Waals surface area (Å²) in [5, 5.41) is 16.2. The molecule has 0 bridgehead atoms. The van der Waals surface area contributed by atoms with E-state index in [0.29, 0.717) is 23.4 Å². The van der Waals surface area contributed by atoms with E-state index in [0.717, 1.165) is 17.0 Å². The number of para-hydroxylation sites is 1. The monoisotopic (exact) mass is 374 g/mol. The van der Waals surface area contributed by atoms with Gasteiger partial charge in [-0.1, -0.05) is 24.3 Å². The Morgan fingerprint density at radius 2 is 2.04 bits per heavy atom. The first kappa shape index (κ1) is 17.5. The van der Waals surface area contributed by atoms with E-state index < -0.39 is 0 Å². The van der Waals surface area contributed by atoms with Crippen molar-refractivity contribution in [3.63, 3.8) is 0 Å². The number of tetrazole rings is 1. The molecule has 0 atom stereocenters. The fourth-order valence-electron chi connectivity index (χ4n) is 2.90. The maximum atomic E-state index is 12.7. The second-order valence-corrected chi connectivity index (χ2v) is 6.12. The highest BCUT2D eigenvalue weighted by Crippen LogP contribution is 2.13. The lowest BCUT2D eigenvalue weighted by molar-refractivity contribution is 0.724. The average molecular weight is 374 g/mol. The SMILES string of the molecule is CCn1c(N/N=C(/C)c2cccc(-n3cnnn3)c2)nc2ccccc2c1=O. The quantitative estimate of drug-likeness (QED) is 0.424. The molecule has 2 aromatic carbocycles. The maximum Gasteiger partial charge on any atom is 0.262 e. The predicted octanol–water partition coefficient (Wildman–Crippen LogP) is 2.23. The zero-order valence-corrected chi connectivity index (χ0v) is 15.4. The number of nitrogens with one attached hydrogen (secondary N) is 1. The Bertz CT molecular complexity index is 1210. The highest BCUT2D eigenvalue weighted by atomic mass is 16.1. The van der Waals surface area contributed by atoms with Gasteiger partial charge in [-0.2, -0.15) is 5.10 Å². The van der Waals surface area contributed by atoms with Crippen LogP contribution in [0, 0.1) is 0 Å². The summed E-state index contributed by atoms with van der Waals surface area (Å²) in [5.41, 5.74) is 5.94. The molecule has 0 spiro atoms. The third-order valence-corrected chi connectivity index (χ3v) is 4.38. The average Bonchev–Trinajstić information content (AvgIpc) is 3.27. The van der Waals surface area contributed by atoms with Crippen LogP contribution in [0.2, 0.25) is 0 Å². The van der Waals surface area contributed by atoms with Crippen LogP contribution in [0.15, 0.2) is 64.8 Å². The smallest absolute Gasteiger partial charge is 0.262 e. The third-order valence-electron chi connectivity index (χ3n) is 4.38. The largest absolute Gasteiger partial charge is 0.277 e. The van der Waals surface area contributed by atoms with Gasteiger partial charge in [0.15, 0.2) is 0 Å². The number of rotatable bonds is 5. The molecule has 9 nitrogen and oxygen atoms in total. The zero-order valence-electron chi connectivity index (χ0n) is 15.4. The lowest BCUT2D eigenvalue weighted by Crippen LogP contribution is -2.23. The fourth-order valence-corrected chi connectivity index (χ4v) is 2.90. The molecule has 0 aliphatic heterocycles. The summed E-state index contributed by atoms with van der Waals surface area (Å²) in [5.74, 6) is 0.405. The maximum absolute atomic E-state index is 12.7. The van der Waals surface area contributed by atoms with Crippen molar-refractivity contribution in [3.8, 4) is 5.69 Å². The number of anilines is 1. The molecule has 0 fully saturated rings. The molecule has 140 valence electrons. The molecule has 0 aliphatic carbocycles. The van der Waals surface area contributed by atoms with Crippen molar-refractivity contribution in [2.45, 2.75) is 20.4 Å². The van der Waals surface area contributed by atoms with Crippen molar-refractivity contribution >= 4 is 22.6 Å². The number of hydrogen-bond donors (Lipinski definition) is 1. The van der Waals surface area contributed by atoms with Crippen LogP contribution < -0.4 is 11.0 Å². The molecule has 2 aromatic heterocycles. The van der Waals surface area contributed by atoms with Crippen molar-refractivity contribution in [2.24, 2.45) is 5.10 Å². The van der Waals surface area contributed by atoms with Gasteiger partial charge in [-0.05, 0) is 54.1 Å². The Morgan fingerprint density at radius 3 is 2.82 bits per heavy atom. The fraction of sp³-hybridized carbons (Fsp3) is 0.158. The second kappa shape index (κ2) is 7.39. The number of benzene rings is 2. The topological polar surface area (TPSA) is 103 Å². The van der Waals surface area contributed by atoms with Gasteiger partial charge in [0, 0.05) is 6.54 Å². The molecule has 4 aromatic rings. The molecule has 0 aliphatic rings. The number of aromatic nitrogens is 6. The van der Waals surface area contributed by atoms with E-state index in [-0.39, 0.29) is 5.56 Å². The van der Waals surface area contributed by atoms with E-state index in [1.165, 1.54) is 6.33 Å². The van der Waals surface area contributed by atoms with Gasteiger partial charge < -0.3 is 0 Å². The van der Waals surface area contributed by atoms with Crippen LogP contribution in [0.4, 0.5) is 5.95 Å². The summed E-state index contributed by atoms with van der Waals surface area (Å²) in [6, 6.07) is 15.0. The Labute approximate surface area is 160 Å². The van der Waals surface area contributed by atoms with E-state index in [1.54, 1.807) is 15.3 Å². The normalized spacial score (nSPS) is 11.7. The van der Waals surface area contributed by atoms with Crippen LogP contribution in [0.25, 0.3) is 16.6 Å². The lowest BCUT2D eigenvalue weighted by atomic mass is 10.1.